The Labute approximate surface area is 208 Å². The summed E-state index contributed by atoms with van der Waals surface area (Å²) in [5, 5.41) is 0. The predicted molar refractivity (Wildman–Crippen MR) is 139 cm³/mol. The van der Waals surface area contributed by atoms with Gasteiger partial charge in [0.15, 0.2) is 0 Å². The molecule has 0 bridgehead atoms. The summed E-state index contributed by atoms with van der Waals surface area (Å²) in [4.78, 5) is 23.4. The first-order valence-electron chi connectivity index (χ1n) is 13.9. The van der Waals surface area contributed by atoms with Crippen molar-refractivity contribution in [2.45, 2.75) is 105 Å². The van der Waals surface area contributed by atoms with Crippen LogP contribution >= 0.6 is 0 Å². The maximum atomic E-state index is 11.7. The predicted octanol–water partition coefficient (Wildman–Crippen LogP) is 7.67. The average molecular weight is 475 g/mol. The van der Waals surface area contributed by atoms with E-state index in [0.717, 1.165) is 36.5 Å². The fourth-order valence-electron chi connectivity index (χ4n) is 6.07. The fourth-order valence-corrected chi connectivity index (χ4v) is 6.07. The lowest BCUT2D eigenvalue weighted by atomic mass is 9.67. The van der Waals surface area contributed by atoms with Crippen molar-refractivity contribution in [3.8, 4) is 0 Å². The summed E-state index contributed by atoms with van der Waals surface area (Å²) < 4.78 is 10.9. The Morgan fingerprint density at radius 1 is 0.676 bits per heavy atom. The number of carbonyl (C=O) groups is 2. The Kier molecular flexibility index (Phi) is 12.4. The fraction of sp³-hybridized carbons (Fsp3) is 0.800. The van der Waals surface area contributed by atoms with Crippen molar-refractivity contribution in [2.24, 2.45) is 35.5 Å². The summed E-state index contributed by atoms with van der Waals surface area (Å²) in [6.45, 7) is 16.3. The highest BCUT2D eigenvalue weighted by Crippen LogP contribution is 2.44. The van der Waals surface area contributed by atoms with Crippen LogP contribution in [0.25, 0.3) is 0 Å². The SMILES string of the molecule is C=C(C)C(=O)OCC(CC)CC1CCC(C2CCC(CC(CC)COC(=O)C(=C)C)CC2)CC1. The molecule has 2 fully saturated rings. The van der Waals surface area contributed by atoms with E-state index in [1.54, 1.807) is 13.8 Å². The van der Waals surface area contributed by atoms with E-state index in [4.69, 9.17) is 9.47 Å². The van der Waals surface area contributed by atoms with E-state index < -0.39 is 0 Å². The van der Waals surface area contributed by atoms with Gasteiger partial charge >= 0.3 is 11.9 Å². The van der Waals surface area contributed by atoms with Crippen LogP contribution in [0.3, 0.4) is 0 Å². The minimum atomic E-state index is -0.254. The van der Waals surface area contributed by atoms with E-state index in [2.05, 4.69) is 27.0 Å². The monoisotopic (exact) mass is 474 g/mol. The first kappa shape index (κ1) is 28.7. The van der Waals surface area contributed by atoms with Crippen LogP contribution in [-0.2, 0) is 19.1 Å². The van der Waals surface area contributed by atoms with E-state index in [1.165, 1.54) is 64.2 Å². The summed E-state index contributed by atoms with van der Waals surface area (Å²) in [7, 11) is 0. The average Bonchev–Trinajstić information content (AvgIpc) is 2.84. The topological polar surface area (TPSA) is 52.6 Å². The first-order chi connectivity index (χ1) is 16.2. The number of carbonyl (C=O) groups excluding carboxylic acids is 2. The molecule has 0 aromatic rings. The third-order valence-corrected chi connectivity index (χ3v) is 8.53. The highest BCUT2D eigenvalue weighted by molar-refractivity contribution is 5.87. The molecule has 34 heavy (non-hydrogen) atoms. The van der Waals surface area contributed by atoms with Gasteiger partial charge in [0.1, 0.15) is 0 Å². The minimum absolute atomic E-state index is 0.254. The number of hydrogen-bond acceptors (Lipinski definition) is 4. The highest BCUT2D eigenvalue weighted by Gasteiger charge is 2.32. The lowest BCUT2D eigenvalue weighted by Crippen LogP contribution is -2.28. The Morgan fingerprint density at radius 3 is 1.26 bits per heavy atom. The maximum Gasteiger partial charge on any atom is 0.333 e. The summed E-state index contributed by atoms with van der Waals surface area (Å²) >= 11 is 0. The van der Waals surface area contributed by atoms with E-state index in [0.29, 0.717) is 36.2 Å². The van der Waals surface area contributed by atoms with Crippen molar-refractivity contribution in [3.63, 3.8) is 0 Å². The zero-order chi connectivity index (χ0) is 25.1. The zero-order valence-corrected chi connectivity index (χ0v) is 22.4. The summed E-state index contributed by atoms with van der Waals surface area (Å²) in [6.07, 6.45) is 15.3. The van der Waals surface area contributed by atoms with E-state index in [1.807, 2.05) is 0 Å². The second kappa shape index (κ2) is 14.7. The molecule has 0 heterocycles. The van der Waals surface area contributed by atoms with Gasteiger partial charge < -0.3 is 9.47 Å². The summed E-state index contributed by atoms with van der Waals surface area (Å²) in [5.74, 6) is 3.81. The molecule has 2 rings (SSSR count). The van der Waals surface area contributed by atoms with Crippen molar-refractivity contribution >= 4 is 11.9 Å². The zero-order valence-electron chi connectivity index (χ0n) is 22.4. The molecule has 0 aromatic heterocycles. The molecule has 0 radical (unpaired) electrons. The summed E-state index contributed by atoms with van der Waals surface area (Å²) in [6, 6.07) is 0. The molecule has 0 spiro atoms. The Morgan fingerprint density at radius 2 is 1.00 bits per heavy atom. The van der Waals surface area contributed by atoms with Gasteiger partial charge in [-0.25, -0.2) is 9.59 Å². The normalized spacial score (nSPS) is 26.8. The van der Waals surface area contributed by atoms with Crippen molar-refractivity contribution in [1.29, 1.82) is 0 Å². The third kappa shape index (κ3) is 9.58. The molecular formula is C30H50O4. The Balaban J connectivity index is 1.67. The Bertz CT molecular complexity index is 607. The van der Waals surface area contributed by atoms with Gasteiger partial charge in [0, 0.05) is 11.1 Å². The summed E-state index contributed by atoms with van der Waals surface area (Å²) in [5.41, 5.74) is 0.975. The van der Waals surface area contributed by atoms with Crippen molar-refractivity contribution in [3.05, 3.63) is 24.3 Å². The quantitative estimate of drug-likeness (QED) is 0.203. The van der Waals surface area contributed by atoms with Crippen LogP contribution < -0.4 is 0 Å². The maximum absolute atomic E-state index is 11.7. The van der Waals surface area contributed by atoms with Crippen LogP contribution in [0.5, 0.6) is 0 Å². The number of rotatable bonds is 13. The molecule has 4 heteroatoms. The molecule has 0 aliphatic heterocycles. The van der Waals surface area contributed by atoms with Gasteiger partial charge in [0.05, 0.1) is 13.2 Å². The van der Waals surface area contributed by atoms with Crippen LogP contribution in [0, 0.1) is 35.5 Å². The molecule has 0 aromatic carbocycles. The highest BCUT2D eigenvalue weighted by atomic mass is 16.5. The lowest BCUT2D eigenvalue weighted by molar-refractivity contribution is -0.141. The van der Waals surface area contributed by atoms with Crippen molar-refractivity contribution in [1.82, 2.24) is 0 Å². The second-order valence-corrected chi connectivity index (χ2v) is 11.3. The van der Waals surface area contributed by atoms with Crippen LogP contribution in [0.2, 0.25) is 0 Å². The van der Waals surface area contributed by atoms with Gasteiger partial charge in [-0.1, -0.05) is 65.5 Å². The van der Waals surface area contributed by atoms with Gasteiger partial charge in [-0.15, -0.1) is 0 Å². The largest absolute Gasteiger partial charge is 0.462 e. The molecule has 2 saturated carbocycles. The molecular weight excluding hydrogens is 424 g/mol. The molecule has 0 saturated heterocycles. The van der Waals surface area contributed by atoms with E-state index in [9.17, 15) is 9.59 Å². The smallest absolute Gasteiger partial charge is 0.333 e. The third-order valence-electron chi connectivity index (χ3n) is 8.53. The van der Waals surface area contributed by atoms with E-state index >= 15 is 0 Å². The van der Waals surface area contributed by atoms with Crippen molar-refractivity contribution < 1.29 is 19.1 Å². The molecule has 2 unspecified atom stereocenters. The van der Waals surface area contributed by atoms with Crippen LogP contribution in [-0.4, -0.2) is 25.2 Å². The van der Waals surface area contributed by atoms with Gasteiger partial charge in [0.25, 0.3) is 0 Å². The minimum Gasteiger partial charge on any atom is -0.462 e. The van der Waals surface area contributed by atoms with Gasteiger partial charge in [-0.2, -0.15) is 0 Å². The number of hydrogen-bond donors (Lipinski definition) is 0. The number of esters is 2. The van der Waals surface area contributed by atoms with Crippen LogP contribution in [0.15, 0.2) is 24.3 Å². The van der Waals surface area contributed by atoms with Crippen LogP contribution in [0.1, 0.15) is 105 Å². The second-order valence-electron chi connectivity index (χ2n) is 11.3. The van der Waals surface area contributed by atoms with Gasteiger partial charge in [0.2, 0.25) is 0 Å². The van der Waals surface area contributed by atoms with Crippen LogP contribution in [0.4, 0.5) is 0 Å². The molecule has 2 aliphatic carbocycles. The molecule has 4 nitrogen and oxygen atoms in total. The molecule has 2 atom stereocenters. The van der Waals surface area contributed by atoms with Gasteiger partial charge in [-0.05, 0) is 87.9 Å². The standard InChI is InChI=1S/C30H50O4/c1-7-23(19-33-29(31)21(3)4)17-25-9-13-27(14-10-25)28-15-11-26(12-16-28)18-24(8-2)20-34-30(32)22(5)6/h23-28H,3,5,7-20H2,1-2,4,6H3. The van der Waals surface area contributed by atoms with Gasteiger partial charge in [-0.3, -0.25) is 0 Å². The molecule has 0 amide bonds. The number of ether oxygens (including phenoxy) is 2. The Hall–Kier alpha value is -1.58. The van der Waals surface area contributed by atoms with Crippen molar-refractivity contribution in [2.75, 3.05) is 13.2 Å². The van der Waals surface area contributed by atoms with E-state index in [-0.39, 0.29) is 11.9 Å². The first-order valence-corrected chi connectivity index (χ1v) is 13.9. The molecule has 194 valence electrons. The molecule has 0 N–H and O–H groups in total. The molecule has 2 aliphatic rings. The lowest BCUT2D eigenvalue weighted by Gasteiger charge is -2.39.